The second-order valence-corrected chi connectivity index (χ2v) is 19.2. The molecule has 0 fully saturated rings. The highest BCUT2D eigenvalue weighted by molar-refractivity contribution is 6.14. The second-order valence-electron chi connectivity index (χ2n) is 19.2. The zero-order chi connectivity index (χ0) is 49.4. The Morgan fingerprint density at radius 1 is 0.240 bits per heavy atom. The Labute approximate surface area is 432 Å². The number of fused-ring (bicyclic) bond motifs is 9. The van der Waals surface area contributed by atoms with Crippen LogP contribution in [0, 0.1) is 0 Å². The van der Waals surface area contributed by atoms with Gasteiger partial charge in [-0.1, -0.05) is 206 Å². The van der Waals surface area contributed by atoms with E-state index in [1.165, 1.54) is 32.6 Å². The van der Waals surface area contributed by atoms with Gasteiger partial charge in [0.05, 0.1) is 38.8 Å². The minimum absolute atomic E-state index is 0.551. The lowest BCUT2D eigenvalue weighted by atomic mass is 9.95. The van der Waals surface area contributed by atoms with E-state index in [0.29, 0.717) is 17.6 Å². The van der Waals surface area contributed by atoms with Crippen molar-refractivity contribution < 1.29 is 0 Å². The summed E-state index contributed by atoms with van der Waals surface area (Å²) >= 11 is 0. The monoisotopic (exact) mass is 956 g/mol. The van der Waals surface area contributed by atoms with Crippen LogP contribution in [0.5, 0.6) is 0 Å². The van der Waals surface area contributed by atoms with E-state index in [9.17, 15) is 0 Å². The van der Waals surface area contributed by atoms with Crippen LogP contribution in [0.25, 0.3) is 139 Å². The van der Waals surface area contributed by atoms with Crippen LogP contribution in [0.2, 0.25) is 0 Å². The molecule has 0 bridgehead atoms. The first-order valence-corrected chi connectivity index (χ1v) is 25.4. The Balaban J connectivity index is 0.950. The number of para-hydroxylation sites is 6. The average Bonchev–Trinajstić information content (AvgIpc) is 4.21. The van der Waals surface area contributed by atoms with E-state index in [0.717, 1.165) is 88.7 Å². The largest absolute Gasteiger partial charge is 0.309 e. The molecule has 350 valence electrons. The molecule has 0 saturated carbocycles. The van der Waals surface area contributed by atoms with Crippen LogP contribution >= 0.6 is 0 Å². The van der Waals surface area contributed by atoms with Crippen LogP contribution in [0.4, 0.5) is 0 Å². The summed E-state index contributed by atoms with van der Waals surface area (Å²) in [6, 6.07) is 95.3. The van der Waals surface area contributed by atoms with Gasteiger partial charge in [0.2, 0.25) is 5.95 Å². The Morgan fingerprint density at radius 2 is 0.680 bits per heavy atom. The van der Waals surface area contributed by atoms with Crippen LogP contribution < -0.4 is 0 Å². The van der Waals surface area contributed by atoms with Gasteiger partial charge in [0.25, 0.3) is 0 Å². The van der Waals surface area contributed by atoms with E-state index in [2.05, 4.69) is 262 Å². The van der Waals surface area contributed by atoms with Crippen molar-refractivity contribution in [1.29, 1.82) is 0 Å². The highest BCUT2D eigenvalue weighted by atomic mass is 15.2. The second kappa shape index (κ2) is 17.3. The number of rotatable bonds is 8. The number of benzene rings is 11. The Hall–Kier alpha value is -10.2. The lowest BCUT2D eigenvalue weighted by molar-refractivity contribution is 0.954. The summed E-state index contributed by atoms with van der Waals surface area (Å²) < 4.78 is 7.04. The summed E-state index contributed by atoms with van der Waals surface area (Å²) in [5.74, 6) is 1.73. The molecule has 0 aliphatic carbocycles. The molecule has 0 aliphatic heterocycles. The molecule has 0 aliphatic rings. The number of nitrogens with zero attached hydrogens (tertiary/aromatic N) is 6. The molecule has 0 saturated heterocycles. The number of aromatic nitrogens is 6. The van der Waals surface area contributed by atoms with Gasteiger partial charge in [-0.15, -0.1) is 0 Å². The van der Waals surface area contributed by atoms with Gasteiger partial charge < -0.3 is 9.13 Å². The van der Waals surface area contributed by atoms with E-state index >= 15 is 0 Å². The summed E-state index contributed by atoms with van der Waals surface area (Å²) in [4.78, 5) is 16.1. The fraction of sp³-hybridized carbons (Fsp3) is 0. The third kappa shape index (κ3) is 6.92. The molecule has 0 amide bonds. The number of hydrogen-bond acceptors (Lipinski definition) is 3. The Bertz CT molecular complexity index is 4610. The molecular formula is C69H44N6. The van der Waals surface area contributed by atoms with Gasteiger partial charge in [-0.25, -0.2) is 4.98 Å². The summed E-state index contributed by atoms with van der Waals surface area (Å²) in [5, 5.41) is 7.17. The van der Waals surface area contributed by atoms with E-state index in [1.807, 2.05) is 18.2 Å². The van der Waals surface area contributed by atoms with Crippen LogP contribution in [-0.4, -0.2) is 28.7 Å². The van der Waals surface area contributed by atoms with Crippen LogP contribution in [-0.2, 0) is 0 Å². The first-order valence-electron chi connectivity index (χ1n) is 25.4. The molecule has 15 aromatic rings. The van der Waals surface area contributed by atoms with Crippen molar-refractivity contribution in [2.24, 2.45) is 0 Å². The van der Waals surface area contributed by atoms with Gasteiger partial charge in [-0.3, -0.25) is 4.57 Å². The molecule has 0 atom stereocenters. The average molecular weight is 957 g/mol. The molecular weight excluding hydrogens is 913 g/mol. The van der Waals surface area contributed by atoms with Crippen molar-refractivity contribution >= 4 is 65.4 Å². The van der Waals surface area contributed by atoms with Gasteiger partial charge in [0.15, 0.2) is 11.6 Å². The lowest BCUT2D eigenvalue weighted by Crippen LogP contribution is -2.07. The van der Waals surface area contributed by atoms with Gasteiger partial charge >= 0.3 is 0 Å². The molecule has 6 nitrogen and oxygen atoms in total. The smallest absolute Gasteiger partial charge is 0.238 e. The molecule has 6 heteroatoms. The maximum Gasteiger partial charge on any atom is 0.238 e. The minimum Gasteiger partial charge on any atom is -0.309 e. The van der Waals surface area contributed by atoms with Gasteiger partial charge in [-0.05, 0) is 82.9 Å². The standard InChI is InChI=1S/C69H44N6/c1-3-20-45(21-4-1)52-33-19-34-58-57-32-11-16-39-64(57)75(66(52)58)69-71-67(46-22-5-2-6-23-46)70-68(72-69)50-26-17-25-49(42-50)59-44-48(40-41-65(59)74-62-37-14-9-30-55(62)56-31-10-15-38-63(56)74)47-24-18-27-51(43-47)73-60-35-12-7-28-53(60)54-29-8-13-36-61(54)73/h1-44H. The van der Waals surface area contributed by atoms with E-state index < -0.39 is 0 Å². The first kappa shape index (κ1) is 42.5. The van der Waals surface area contributed by atoms with Gasteiger partial charge in [-0.2, -0.15) is 9.97 Å². The fourth-order valence-corrected chi connectivity index (χ4v) is 11.6. The predicted octanol–water partition coefficient (Wildman–Crippen LogP) is 17.5. The zero-order valence-corrected chi connectivity index (χ0v) is 40.6. The molecule has 0 spiro atoms. The van der Waals surface area contributed by atoms with Crippen LogP contribution in [0.1, 0.15) is 0 Å². The minimum atomic E-state index is 0.551. The molecule has 4 aromatic heterocycles. The topological polar surface area (TPSA) is 53.5 Å². The molecule has 4 heterocycles. The normalized spacial score (nSPS) is 11.7. The van der Waals surface area contributed by atoms with Crippen LogP contribution in [0.3, 0.4) is 0 Å². The van der Waals surface area contributed by atoms with Crippen LogP contribution in [0.15, 0.2) is 267 Å². The van der Waals surface area contributed by atoms with Crippen molar-refractivity contribution in [3.8, 4) is 73.5 Å². The predicted molar refractivity (Wildman–Crippen MR) is 310 cm³/mol. The quantitative estimate of drug-likeness (QED) is 0.152. The third-order valence-corrected chi connectivity index (χ3v) is 14.9. The fourth-order valence-electron chi connectivity index (χ4n) is 11.6. The Kier molecular flexibility index (Phi) is 9.78. The van der Waals surface area contributed by atoms with Crippen molar-refractivity contribution in [3.63, 3.8) is 0 Å². The summed E-state index contributed by atoms with van der Waals surface area (Å²) in [7, 11) is 0. The van der Waals surface area contributed by atoms with Crippen molar-refractivity contribution in [1.82, 2.24) is 28.7 Å². The first-order chi connectivity index (χ1) is 37.2. The number of hydrogen-bond donors (Lipinski definition) is 0. The maximum atomic E-state index is 5.47. The summed E-state index contributed by atoms with van der Waals surface area (Å²) in [5.41, 5.74) is 17.3. The molecule has 0 N–H and O–H groups in total. The Morgan fingerprint density at radius 3 is 1.31 bits per heavy atom. The van der Waals surface area contributed by atoms with E-state index in [1.54, 1.807) is 0 Å². The molecule has 75 heavy (non-hydrogen) atoms. The van der Waals surface area contributed by atoms with Gasteiger partial charge in [0.1, 0.15) is 0 Å². The molecule has 11 aromatic carbocycles. The highest BCUT2D eigenvalue weighted by Gasteiger charge is 2.22. The maximum absolute atomic E-state index is 5.47. The molecule has 15 rings (SSSR count). The van der Waals surface area contributed by atoms with Crippen molar-refractivity contribution in [3.05, 3.63) is 267 Å². The van der Waals surface area contributed by atoms with Gasteiger partial charge in [0, 0.05) is 60.3 Å². The molecule has 0 radical (unpaired) electrons. The third-order valence-electron chi connectivity index (χ3n) is 14.9. The lowest BCUT2D eigenvalue weighted by Gasteiger charge is -2.17. The van der Waals surface area contributed by atoms with Crippen molar-refractivity contribution in [2.45, 2.75) is 0 Å². The SMILES string of the molecule is c1ccc(-c2nc(-c3cccc(-c4cc(-c5cccc(-n6c7ccccc7c7ccccc76)c5)ccc4-n4c5ccccc5c5ccccc54)c3)nc(-n3c4ccccc4c4cccc(-c5ccccc5)c43)n2)cc1. The summed E-state index contributed by atoms with van der Waals surface area (Å²) in [6.07, 6.45) is 0. The van der Waals surface area contributed by atoms with E-state index in [4.69, 9.17) is 15.0 Å². The van der Waals surface area contributed by atoms with Crippen molar-refractivity contribution in [2.75, 3.05) is 0 Å². The zero-order valence-electron chi connectivity index (χ0n) is 40.6. The summed E-state index contributed by atoms with van der Waals surface area (Å²) in [6.45, 7) is 0. The highest BCUT2D eigenvalue weighted by Crippen LogP contribution is 2.42. The van der Waals surface area contributed by atoms with E-state index in [-0.39, 0.29) is 0 Å². The molecule has 0 unspecified atom stereocenters.